The first-order valence-electron chi connectivity index (χ1n) is 4.55. The maximum absolute atomic E-state index is 10.8. The molecule has 2 atom stereocenters. The van der Waals surface area contributed by atoms with E-state index in [4.69, 9.17) is 11.6 Å². The Hall–Kier alpha value is -1.36. The number of halogens is 1. The van der Waals surface area contributed by atoms with Crippen molar-refractivity contribution in [1.29, 1.82) is 0 Å². The fourth-order valence-corrected chi connectivity index (χ4v) is 2.17. The van der Waals surface area contributed by atoms with Gasteiger partial charge >= 0.3 is 0 Å². The van der Waals surface area contributed by atoms with Gasteiger partial charge in [0.05, 0.1) is 22.5 Å². The second kappa shape index (κ2) is 3.34. The molecule has 2 rings (SSSR count). The molecule has 0 bridgehead atoms. The van der Waals surface area contributed by atoms with Crippen molar-refractivity contribution in [2.45, 2.75) is 13.0 Å². The first-order chi connectivity index (χ1) is 7.02. The van der Waals surface area contributed by atoms with E-state index in [0.29, 0.717) is 5.03 Å². The predicted octanol–water partition coefficient (Wildman–Crippen LogP) is -0.157. The Bertz CT molecular complexity index is 534. The minimum absolute atomic E-state index is 0.301. The summed E-state index contributed by atoms with van der Waals surface area (Å²) in [4.78, 5) is 10.5. The van der Waals surface area contributed by atoms with Crippen LogP contribution < -0.4 is 10.6 Å². The minimum Gasteiger partial charge on any atom is -0.267 e. The maximum atomic E-state index is 10.8. The second-order valence-corrected chi connectivity index (χ2v) is 4.06. The molecule has 1 aromatic heterocycles. The normalized spacial score (nSPS) is 24.6. The molecule has 0 aliphatic heterocycles. The summed E-state index contributed by atoms with van der Waals surface area (Å²) >= 11 is 6.11. The molecular formula is C9H10ClN3O2. The third-order valence-corrected chi connectivity index (χ3v) is 3.22. The molecule has 0 aromatic carbocycles. The van der Waals surface area contributed by atoms with Gasteiger partial charge in [-0.2, -0.15) is 5.10 Å². The molecule has 1 aliphatic rings. The monoisotopic (exact) mass is 227 g/mol. The van der Waals surface area contributed by atoms with E-state index < -0.39 is 6.04 Å². The van der Waals surface area contributed by atoms with Crippen LogP contribution in [0.1, 0.15) is 6.92 Å². The van der Waals surface area contributed by atoms with Crippen LogP contribution in [0.15, 0.2) is 6.20 Å². The SMILES string of the molecule is CC1C(Cl)=c2c(cnn2C)=CC1[N+](=O)[O-]. The lowest BCUT2D eigenvalue weighted by Crippen LogP contribution is -2.41. The highest BCUT2D eigenvalue weighted by Gasteiger charge is 2.31. The Morgan fingerprint density at radius 2 is 2.33 bits per heavy atom. The zero-order valence-corrected chi connectivity index (χ0v) is 9.10. The van der Waals surface area contributed by atoms with E-state index in [0.717, 1.165) is 10.6 Å². The predicted molar refractivity (Wildman–Crippen MR) is 56.1 cm³/mol. The first-order valence-corrected chi connectivity index (χ1v) is 4.93. The number of fused-ring (bicyclic) bond motifs is 1. The van der Waals surface area contributed by atoms with E-state index in [2.05, 4.69) is 5.10 Å². The quantitative estimate of drug-likeness (QED) is 0.495. The van der Waals surface area contributed by atoms with E-state index in [1.165, 1.54) is 0 Å². The van der Waals surface area contributed by atoms with E-state index in [9.17, 15) is 10.1 Å². The summed E-state index contributed by atoms with van der Waals surface area (Å²) in [5.41, 5.74) is 0. The third kappa shape index (κ3) is 1.43. The summed E-state index contributed by atoms with van der Waals surface area (Å²) in [5.74, 6) is -0.301. The average molecular weight is 228 g/mol. The van der Waals surface area contributed by atoms with Crippen LogP contribution in [0.4, 0.5) is 0 Å². The molecule has 1 heterocycles. The molecule has 0 saturated heterocycles. The fraction of sp³-hybridized carbons (Fsp3) is 0.444. The Morgan fingerprint density at radius 1 is 1.67 bits per heavy atom. The van der Waals surface area contributed by atoms with Crippen LogP contribution in [0, 0.1) is 16.0 Å². The molecule has 1 aliphatic carbocycles. The lowest BCUT2D eigenvalue weighted by molar-refractivity contribution is -0.510. The Morgan fingerprint density at radius 3 is 2.93 bits per heavy atom. The molecule has 0 spiro atoms. The number of rotatable bonds is 1. The zero-order chi connectivity index (χ0) is 11.2. The summed E-state index contributed by atoms with van der Waals surface area (Å²) < 4.78 is 1.64. The second-order valence-electron chi connectivity index (χ2n) is 3.65. The molecule has 0 N–H and O–H groups in total. The lowest BCUT2D eigenvalue weighted by atomic mass is 9.97. The van der Waals surface area contributed by atoms with Gasteiger partial charge in [-0.15, -0.1) is 0 Å². The van der Waals surface area contributed by atoms with Crippen molar-refractivity contribution in [2.75, 3.05) is 0 Å². The summed E-state index contributed by atoms with van der Waals surface area (Å²) in [6.45, 7) is 1.75. The highest BCUT2D eigenvalue weighted by molar-refractivity contribution is 6.45. The van der Waals surface area contributed by atoms with Crippen LogP contribution in [-0.2, 0) is 7.05 Å². The molecule has 2 unspecified atom stereocenters. The van der Waals surface area contributed by atoms with Crippen LogP contribution in [0.5, 0.6) is 0 Å². The standard InChI is InChI=1S/C9H10ClN3O2/c1-5-7(13(14)15)3-6-4-11-12(2)9(6)8(5)10/h3-5,7H,1-2H3. The molecule has 0 radical (unpaired) electrons. The van der Waals surface area contributed by atoms with Crippen molar-refractivity contribution in [2.24, 2.45) is 13.0 Å². The fourth-order valence-electron chi connectivity index (χ4n) is 1.81. The van der Waals surface area contributed by atoms with Crippen LogP contribution in [0.25, 0.3) is 11.1 Å². The van der Waals surface area contributed by atoms with Crippen molar-refractivity contribution in [3.63, 3.8) is 0 Å². The molecule has 5 nitrogen and oxygen atoms in total. The molecule has 1 aromatic rings. The zero-order valence-electron chi connectivity index (χ0n) is 8.35. The Labute approximate surface area is 90.8 Å². The molecule has 0 fully saturated rings. The van der Waals surface area contributed by atoms with Gasteiger partial charge in [-0.3, -0.25) is 14.8 Å². The van der Waals surface area contributed by atoms with Crippen molar-refractivity contribution < 1.29 is 4.92 Å². The number of hydrogen-bond acceptors (Lipinski definition) is 3. The number of aryl methyl sites for hydroxylation is 1. The largest absolute Gasteiger partial charge is 0.267 e. The van der Waals surface area contributed by atoms with Gasteiger partial charge in [0.15, 0.2) is 0 Å². The van der Waals surface area contributed by atoms with E-state index in [-0.39, 0.29) is 10.8 Å². The van der Waals surface area contributed by atoms with Crippen molar-refractivity contribution in [3.8, 4) is 0 Å². The van der Waals surface area contributed by atoms with Gasteiger partial charge in [-0.25, -0.2) is 0 Å². The molecule has 6 heteroatoms. The van der Waals surface area contributed by atoms with Gasteiger partial charge in [-0.05, 0) is 0 Å². The van der Waals surface area contributed by atoms with Gasteiger partial charge in [0.2, 0.25) is 6.04 Å². The molecule has 0 amide bonds. The van der Waals surface area contributed by atoms with E-state index in [1.54, 1.807) is 30.9 Å². The van der Waals surface area contributed by atoms with E-state index in [1.807, 2.05) is 0 Å². The summed E-state index contributed by atoms with van der Waals surface area (Å²) in [6.07, 6.45) is 3.21. The summed E-state index contributed by atoms with van der Waals surface area (Å²) in [7, 11) is 1.77. The van der Waals surface area contributed by atoms with Crippen molar-refractivity contribution in [1.82, 2.24) is 9.78 Å². The molecule has 0 saturated carbocycles. The number of nitrogens with zero attached hydrogens (tertiary/aromatic N) is 3. The van der Waals surface area contributed by atoms with E-state index >= 15 is 0 Å². The first kappa shape index (κ1) is 10.2. The van der Waals surface area contributed by atoms with Gasteiger partial charge in [0.1, 0.15) is 0 Å². The highest BCUT2D eigenvalue weighted by Crippen LogP contribution is 2.22. The lowest BCUT2D eigenvalue weighted by Gasteiger charge is -2.16. The van der Waals surface area contributed by atoms with Gasteiger partial charge < -0.3 is 0 Å². The van der Waals surface area contributed by atoms with Crippen LogP contribution in [0.3, 0.4) is 0 Å². The maximum Gasteiger partial charge on any atom is 0.239 e. The van der Waals surface area contributed by atoms with Crippen molar-refractivity contribution >= 4 is 22.7 Å². The average Bonchev–Trinajstić information content (AvgIpc) is 2.53. The highest BCUT2D eigenvalue weighted by atomic mass is 35.5. The van der Waals surface area contributed by atoms with Crippen LogP contribution in [0.2, 0.25) is 0 Å². The van der Waals surface area contributed by atoms with Crippen LogP contribution >= 0.6 is 11.6 Å². The Balaban J connectivity index is 2.74. The van der Waals surface area contributed by atoms with Gasteiger partial charge in [-0.1, -0.05) is 18.5 Å². The van der Waals surface area contributed by atoms with Crippen molar-refractivity contribution in [3.05, 3.63) is 26.9 Å². The summed E-state index contributed by atoms with van der Waals surface area (Å²) in [5, 5.41) is 16.9. The molecular weight excluding hydrogens is 218 g/mol. The number of nitro groups is 1. The van der Waals surface area contributed by atoms with Gasteiger partial charge in [0, 0.05) is 23.3 Å². The number of aromatic nitrogens is 2. The minimum atomic E-state index is -0.755. The Kier molecular flexibility index (Phi) is 2.26. The third-order valence-electron chi connectivity index (χ3n) is 2.70. The van der Waals surface area contributed by atoms with Crippen LogP contribution in [-0.4, -0.2) is 20.7 Å². The number of hydrogen-bond donors (Lipinski definition) is 0. The molecule has 15 heavy (non-hydrogen) atoms. The molecule has 80 valence electrons. The topological polar surface area (TPSA) is 61.0 Å². The summed E-state index contributed by atoms with van der Waals surface area (Å²) in [6, 6.07) is -0.755. The van der Waals surface area contributed by atoms with Gasteiger partial charge in [0.25, 0.3) is 0 Å². The smallest absolute Gasteiger partial charge is 0.239 e.